The Morgan fingerprint density at radius 1 is 1.16 bits per heavy atom. The van der Waals surface area contributed by atoms with Gasteiger partial charge in [0.1, 0.15) is 0 Å². The molecule has 1 aromatic rings. The van der Waals surface area contributed by atoms with E-state index in [1.165, 1.54) is 0 Å². The van der Waals surface area contributed by atoms with Crippen LogP contribution in [-0.4, -0.2) is 17.3 Å². The van der Waals surface area contributed by atoms with Gasteiger partial charge in [-0.15, -0.1) is 0 Å². The first-order valence-electron chi connectivity index (χ1n) is 6.04. The SMILES string of the molecule is CCC(O)(CC)CNc1cc(Br)cc(C(F)(F)F)c1. The van der Waals surface area contributed by atoms with Crippen molar-refractivity contribution in [2.45, 2.75) is 38.5 Å². The normalized spacial score (nSPS) is 12.6. The minimum Gasteiger partial charge on any atom is -0.388 e. The largest absolute Gasteiger partial charge is 0.416 e. The number of hydrogen-bond acceptors (Lipinski definition) is 2. The van der Waals surface area contributed by atoms with Crippen molar-refractivity contribution < 1.29 is 18.3 Å². The molecule has 0 aliphatic carbocycles. The molecule has 0 aliphatic rings. The fourth-order valence-corrected chi connectivity index (χ4v) is 2.12. The van der Waals surface area contributed by atoms with E-state index < -0.39 is 17.3 Å². The molecule has 6 heteroatoms. The molecular formula is C13H17BrF3NO. The molecule has 2 N–H and O–H groups in total. The van der Waals surface area contributed by atoms with Crippen LogP contribution < -0.4 is 5.32 Å². The average Bonchev–Trinajstić information content (AvgIpc) is 2.34. The Morgan fingerprint density at radius 2 is 1.74 bits per heavy atom. The van der Waals surface area contributed by atoms with E-state index in [0.29, 0.717) is 23.0 Å². The number of benzene rings is 1. The van der Waals surface area contributed by atoms with Crippen LogP contribution in [0.25, 0.3) is 0 Å². The Labute approximate surface area is 119 Å². The highest BCUT2D eigenvalue weighted by Gasteiger charge is 2.31. The summed E-state index contributed by atoms with van der Waals surface area (Å²) < 4.78 is 38.3. The van der Waals surface area contributed by atoms with Gasteiger partial charge in [-0.25, -0.2) is 0 Å². The van der Waals surface area contributed by atoms with E-state index in [1.807, 2.05) is 13.8 Å². The van der Waals surface area contributed by atoms with Crippen molar-refractivity contribution in [1.29, 1.82) is 0 Å². The molecule has 1 aromatic carbocycles. The number of halogens is 4. The van der Waals surface area contributed by atoms with Gasteiger partial charge >= 0.3 is 6.18 Å². The lowest BCUT2D eigenvalue weighted by molar-refractivity contribution is -0.137. The van der Waals surface area contributed by atoms with Crippen LogP contribution in [-0.2, 0) is 6.18 Å². The number of nitrogens with one attached hydrogen (secondary N) is 1. The number of hydrogen-bond donors (Lipinski definition) is 2. The topological polar surface area (TPSA) is 32.3 Å². The van der Waals surface area contributed by atoms with Crippen LogP contribution in [0.1, 0.15) is 32.3 Å². The number of anilines is 1. The van der Waals surface area contributed by atoms with Crippen molar-refractivity contribution in [3.8, 4) is 0 Å². The lowest BCUT2D eigenvalue weighted by Crippen LogP contribution is -2.35. The molecule has 0 atom stereocenters. The first-order chi connectivity index (χ1) is 8.70. The molecule has 0 bridgehead atoms. The van der Waals surface area contributed by atoms with Crippen molar-refractivity contribution in [1.82, 2.24) is 0 Å². The van der Waals surface area contributed by atoms with Crippen LogP contribution in [0.4, 0.5) is 18.9 Å². The maximum Gasteiger partial charge on any atom is 0.416 e. The molecule has 0 fully saturated rings. The maximum atomic E-state index is 12.7. The van der Waals surface area contributed by atoms with E-state index in [-0.39, 0.29) is 6.54 Å². The molecule has 108 valence electrons. The fraction of sp³-hybridized carbons (Fsp3) is 0.538. The third kappa shape index (κ3) is 4.69. The standard InChI is InChI=1S/C13H17BrF3NO/c1-3-12(19,4-2)8-18-11-6-9(13(15,16)17)5-10(14)7-11/h5-7,18-19H,3-4,8H2,1-2H3. The molecule has 1 rings (SSSR count). The second-order valence-corrected chi connectivity index (χ2v) is 5.43. The molecule has 2 nitrogen and oxygen atoms in total. The highest BCUT2D eigenvalue weighted by atomic mass is 79.9. The lowest BCUT2D eigenvalue weighted by atomic mass is 9.97. The Morgan fingerprint density at radius 3 is 2.21 bits per heavy atom. The Balaban J connectivity index is 2.88. The van der Waals surface area contributed by atoms with Gasteiger partial charge in [0.05, 0.1) is 11.2 Å². The molecule has 19 heavy (non-hydrogen) atoms. The predicted molar refractivity (Wildman–Crippen MR) is 73.2 cm³/mol. The molecular weight excluding hydrogens is 323 g/mol. The minimum absolute atomic E-state index is 0.216. The van der Waals surface area contributed by atoms with Crippen LogP contribution in [0.2, 0.25) is 0 Å². The summed E-state index contributed by atoms with van der Waals surface area (Å²) in [6.07, 6.45) is -3.31. The summed E-state index contributed by atoms with van der Waals surface area (Å²) in [5, 5.41) is 13.0. The molecule has 0 spiro atoms. The van der Waals surface area contributed by atoms with Gasteiger partial charge in [-0.05, 0) is 31.0 Å². The molecule has 0 unspecified atom stereocenters. The summed E-state index contributed by atoms with van der Waals surface area (Å²) >= 11 is 3.06. The van der Waals surface area contributed by atoms with Gasteiger partial charge in [-0.1, -0.05) is 29.8 Å². The number of alkyl halides is 3. The van der Waals surface area contributed by atoms with E-state index in [2.05, 4.69) is 21.2 Å². The quantitative estimate of drug-likeness (QED) is 0.831. The van der Waals surface area contributed by atoms with Gasteiger partial charge in [0.25, 0.3) is 0 Å². The lowest BCUT2D eigenvalue weighted by Gasteiger charge is -2.26. The van der Waals surface area contributed by atoms with E-state index in [4.69, 9.17) is 0 Å². The molecule has 0 amide bonds. The van der Waals surface area contributed by atoms with Crippen LogP contribution in [0.15, 0.2) is 22.7 Å². The first-order valence-corrected chi connectivity index (χ1v) is 6.83. The second-order valence-electron chi connectivity index (χ2n) is 4.51. The molecule has 0 aliphatic heterocycles. The van der Waals surface area contributed by atoms with Gasteiger partial charge in [0.15, 0.2) is 0 Å². The van der Waals surface area contributed by atoms with Gasteiger partial charge in [-0.3, -0.25) is 0 Å². The smallest absolute Gasteiger partial charge is 0.388 e. The van der Waals surface area contributed by atoms with E-state index in [1.54, 1.807) is 6.07 Å². The zero-order valence-corrected chi connectivity index (χ0v) is 12.4. The summed E-state index contributed by atoms with van der Waals surface area (Å²) in [6.45, 7) is 3.90. The Bertz CT molecular complexity index is 430. The monoisotopic (exact) mass is 339 g/mol. The molecule has 0 aromatic heterocycles. The summed E-state index contributed by atoms with van der Waals surface area (Å²) in [4.78, 5) is 0. The summed E-state index contributed by atoms with van der Waals surface area (Å²) in [7, 11) is 0. The van der Waals surface area contributed by atoms with Gasteiger partial charge in [0.2, 0.25) is 0 Å². The molecule has 0 radical (unpaired) electrons. The zero-order chi connectivity index (χ0) is 14.7. The summed E-state index contributed by atoms with van der Waals surface area (Å²) in [5.41, 5.74) is -1.29. The van der Waals surface area contributed by atoms with E-state index in [9.17, 15) is 18.3 Å². The summed E-state index contributed by atoms with van der Waals surface area (Å²) in [6, 6.07) is 3.62. The zero-order valence-electron chi connectivity index (χ0n) is 10.8. The second kappa shape index (κ2) is 6.13. The van der Waals surface area contributed by atoms with Crippen LogP contribution in [0.3, 0.4) is 0 Å². The third-order valence-corrected chi connectivity index (χ3v) is 3.62. The number of rotatable bonds is 5. The van der Waals surface area contributed by atoms with E-state index in [0.717, 1.165) is 12.1 Å². The van der Waals surface area contributed by atoms with Crippen molar-refractivity contribution in [3.63, 3.8) is 0 Å². The highest BCUT2D eigenvalue weighted by molar-refractivity contribution is 9.10. The molecule has 0 heterocycles. The maximum absolute atomic E-state index is 12.7. The fourth-order valence-electron chi connectivity index (χ4n) is 1.62. The number of aliphatic hydroxyl groups is 1. The first kappa shape index (κ1) is 16.3. The van der Waals surface area contributed by atoms with Gasteiger partial charge in [-0.2, -0.15) is 13.2 Å². The molecule has 0 saturated carbocycles. The molecule has 0 saturated heterocycles. The van der Waals surface area contributed by atoms with E-state index >= 15 is 0 Å². The average molecular weight is 340 g/mol. The van der Waals surface area contributed by atoms with Gasteiger partial charge < -0.3 is 10.4 Å². The minimum atomic E-state index is -4.38. The van der Waals surface area contributed by atoms with Crippen LogP contribution in [0.5, 0.6) is 0 Å². The van der Waals surface area contributed by atoms with Crippen LogP contribution >= 0.6 is 15.9 Å². The van der Waals surface area contributed by atoms with Crippen molar-refractivity contribution >= 4 is 21.6 Å². The van der Waals surface area contributed by atoms with Crippen molar-refractivity contribution in [2.75, 3.05) is 11.9 Å². The van der Waals surface area contributed by atoms with Crippen LogP contribution in [0, 0.1) is 0 Å². The Hall–Kier alpha value is -0.750. The van der Waals surface area contributed by atoms with Gasteiger partial charge in [0, 0.05) is 16.7 Å². The van der Waals surface area contributed by atoms with Crippen molar-refractivity contribution in [2.24, 2.45) is 0 Å². The van der Waals surface area contributed by atoms with Crippen molar-refractivity contribution in [3.05, 3.63) is 28.2 Å². The highest BCUT2D eigenvalue weighted by Crippen LogP contribution is 2.33. The summed E-state index contributed by atoms with van der Waals surface area (Å²) in [5.74, 6) is 0. The predicted octanol–water partition coefficient (Wildman–Crippen LogP) is 4.43. The third-order valence-electron chi connectivity index (χ3n) is 3.16. The Kier molecular flexibility index (Phi) is 5.26.